The van der Waals surface area contributed by atoms with Crippen LogP contribution in [0.1, 0.15) is 61.9 Å². The lowest BCUT2D eigenvalue weighted by Crippen LogP contribution is -2.28. The molecule has 0 aliphatic rings. The maximum Gasteiger partial charge on any atom is 0.142 e. The molecule has 4 nitrogen and oxygen atoms in total. The molecule has 0 fully saturated rings. The molecule has 0 atom stereocenters. The molecule has 0 saturated carbocycles. The van der Waals surface area contributed by atoms with Gasteiger partial charge in [-0.15, -0.1) is 0 Å². The van der Waals surface area contributed by atoms with Crippen molar-refractivity contribution in [3.63, 3.8) is 0 Å². The van der Waals surface area contributed by atoms with Crippen LogP contribution in [0.2, 0.25) is 0 Å². The van der Waals surface area contributed by atoms with Gasteiger partial charge in [-0.05, 0) is 35.2 Å². The largest absolute Gasteiger partial charge is 0.505 e. The van der Waals surface area contributed by atoms with E-state index in [9.17, 15) is 5.11 Å². The highest BCUT2D eigenvalue weighted by molar-refractivity contribution is 5.67. The molecular weight excluding hydrogens is 494 g/mol. The number of benzene rings is 4. The molecule has 4 rings (SSSR count). The number of anilines is 1. The van der Waals surface area contributed by atoms with Crippen molar-refractivity contribution in [3.8, 4) is 11.5 Å². The Hall–Kier alpha value is -3.76. The lowest BCUT2D eigenvalue weighted by atomic mass is 9.72. The van der Waals surface area contributed by atoms with Gasteiger partial charge in [-0.3, -0.25) is 0 Å². The summed E-state index contributed by atoms with van der Waals surface area (Å²) < 4.78 is 11.1. The van der Waals surface area contributed by atoms with Crippen molar-refractivity contribution in [2.75, 3.05) is 32.3 Å². The lowest BCUT2D eigenvalue weighted by Gasteiger charge is -2.35. The monoisotopic (exact) mass is 537 g/mol. The SMILES string of the molecule is COCCCN(Cc1ccccc1OC)c1cc(C(C)(C)c2ccccc2)cc(C(C)(C)c2ccccc2)c1O. The molecule has 0 aliphatic carbocycles. The smallest absolute Gasteiger partial charge is 0.142 e. The van der Waals surface area contributed by atoms with Crippen molar-refractivity contribution in [2.24, 2.45) is 0 Å². The molecule has 4 aromatic rings. The Balaban J connectivity index is 1.93. The van der Waals surface area contributed by atoms with Crippen LogP contribution >= 0.6 is 0 Å². The number of nitrogens with zero attached hydrogens (tertiary/aromatic N) is 1. The summed E-state index contributed by atoms with van der Waals surface area (Å²) in [5, 5.41) is 12.1. The normalized spacial score (nSPS) is 11.8. The van der Waals surface area contributed by atoms with Crippen molar-refractivity contribution in [2.45, 2.75) is 51.5 Å². The topological polar surface area (TPSA) is 41.9 Å². The van der Waals surface area contributed by atoms with Crippen LogP contribution in [0.3, 0.4) is 0 Å². The molecule has 0 heterocycles. The first kappa shape index (κ1) is 29.2. The molecular formula is C36H43NO3. The second-order valence-electron chi connectivity index (χ2n) is 11.5. The van der Waals surface area contributed by atoms with Crippen LogP contribution < -0.4 is 9.64 Å². The van der Waals surface area contributed by atoms with Gasteiger partial charge < -0.3 is 19.5 Å². The van der Waals surface area contributed by atoms with E-state index in [0.29, 0.717) is 18.9 Å². The predicted molar refractivity (Wildman–Crippen MR) is 166 cm³/mol. The number of aromatic hydroxyl groups is 1. The Morgan fingerprint density at radius 1 is 0.700 bits per heavy atom. The number of phenols is 1. The highest BCUT2D eigenvalue weighted by Gasteiger charge is 2.33. The molecule has 4 heteroatoms. The Bertz CT molecular complexity index is 1380. The zero-order valence-corrected chi connectivity index (χ0v) is 24.8. The quantitative estimate of drug-likeness (QED) is 0.185. The van der Waals surface area contributed by atoms with Crippen molar-refractivity contribution in [1.29, 1.82) is 0 Å². The highest BCUT2D eigenvalue weighted by Crippen LogP contribution is 2.46. The molecule has 0 spiro atoms. The molecule has 0 saturated heterocycles. The number of methoxy groups -OCH3 is 2. The molecule has 40 heavy (non-hydrogen) atoms. The molecule has 4 aromatic carbocycles. The first-order chi connectivity index (χ1) is 19.2. The van der Waals surface area contributed by atoms with Gasteiger partial charge in [-0.1, -0.05) is 113 Å². The maximum absolute atomic E-state index is 12.1. The number of hydrogen-bond acceptors (Lipinski definition) is 4. The van der Waals surface area contributed by atoms with Crippen LogP contribution in [0.25, 0.3) is 0 Å². The van der Waals surface area contributed by atoms with Gasteiger partial charge in [0.25, 0.3) is 0 Å². The van der Waals surface area contributed by atoms with Gasteiger partial charge >= 0.3 is 0 Å². The average Bonchev–Trinajstić information content (AvgIpc) is 2.98. The van der Waals surface area contributed by atoms with E-state index in [2.05, 4.69) is 105 Å². The first-order valence-electron chi connectivity index (χ1n) is 14.0. The van der Waals surface area contributed by atoms with E-state index in [1.165, 1.54) is 5.56 Å². The average molecular weight is 538 g/mol. The summed E-state index contributed by atoms with van der Waals surface area (Å²) in [4.78, 5) is 2.27. The van der Waals surface area contributed by atoms with E-state index < -0.39 is 5.41 Å². The predicted octanol–water partition coefficient (Wildman–Crippen LogP) is 8.10. The number of ether oxygens (including phenoxy) is 2. The molecule has 0 radical (unpaired) electrons. The number of para-hydroxylation sites is 1. The van der Waals surface area contributed by atoms with E-state index in [1.807, 2.05) is 24.3 Å². The second kappa shape index (κ2) is 12.6. The third-order valence-electron chi connectivity index (χ3n) is 8.15. The summed E-state index contributed by atoms with van der Waals surface area (Å²) in [6, 6.07) is 33.5. The fourth-order valence-corrected chi connectivity index (χ4v) is 5.45. The van der Waals surface area contributed by atoms with Gasteiger partial charge in [0.05, 0.1) is 12.8 Å². The molecule has 0 aliphatic heterocycles. The molecule has 210 valence electrons. The van der Waals surface area contributed by atoms with Crippen LogP contribution in [0.15, 0.2) is 97.1 Å². The summed E-state index contributed by atoms with van der Waals surface area (Å²) in [5.74, 6) is 1.15. The third-order valence-corrected chi connectivity index (χ3v) is 8.15. The summed E-state index contributed by atoms with van der Waals surface area (Å²) in [6.07, 6.45) is 0.828. The van der Waals surface area contributed by atoms with Gasteiger partial charge in [0.15, 0.2) is 0 Å². The maximum atomic E-state index is 12.1. The lowest BCUT2D eigenvalue weighted by molar-refractivity contribution is 0.196. The fourth-order valence-electron chi connectivity index (χ4n) is 5.45. The van der Waals surface area contributed by atoms with Crippen molar-refractivity contribution < 1.29 is 14.6 Å². The van der Waals surface area contributed by atoms with E-state index >= 15 is 0 Å². The van der Waals surface area contributed by atoms with Crippen LogP contribution in [0.4, 0.5) is 5.69 Å². The zero-order chi connectivity index (χ0) is 28.8. The minimum absolute atomic E-state index is 0.284. The summed E-state index contributed by atoms with van der Waals surface area (Å²) >= 11 is 0. The fraction of sp³-hybridized carbons (Fsp3) is 0.333. The van der Waals surface area contributed by atoms with E-state index in [-0.39, 0.29) is 5.41 Å². The van der Waals surface area contributed by atoms with Crippen molar-refractivity contribution in [1.82, 2.24) is 0 Å². The molecule has 1 N–H and O–H groups in total. The third kappa shape index (κ3) is 6.18. The van der Waals surface area contributed by atoms with Crippen LogP contribution in [0, 0.1) is 0 Å². The summed E-state index contributed by atoms with van der Waals surface area (Å²) in [5.41, 5.74) is 5.63. The van der Waals surface area contributed by atoms with Gasteiger partial charge in [0.1, 0.15) is 11.5 Å². The standard InChI is InChI=1S/C36H43NO3/c1-35(2,28-17-9-7-10-18-28)30-24-31(36(3,4)29-19-11-8-12-20-29)34(38)32(25-30)37(22-15-23-39-5)26-27-16-13-14-21-33(27)40-6/h7-14,16-21,24-25,38H,15,22-23,26H2,1-6H3. The van der Waals surface area contributed by atoms with Gasteiger partial charge in [0.2, 0.25) is 0 Å². The second-order valence-corrected chi connectivity index (χ2v) is 11.5. The molecule has 0 unspecified atom stereocenters. The van der Waals surface area contributed by atoms with Crippen LogP contribution in [-0.4, -0.2) is 32.5 Å². The first-order valence-corrected chi connectivity index (χ1v) is 14.0. The molecule has 0 bridgehead atoms. The summed E-state index contributed by atoms with van der Waals surface area (Å²) in [7, 11) is 3.43. The minimum Gasteiger partial charge on any atom is -0.505 e. The summed E-state index contributed by atoms with van der Waals surface area (Å²) in [6.45, 7) is 10.9. The number of rotatable bonds is 12. The minimum atomic E-state index is -0.425. The van der Waals surface area contributed by atoms with Crippen molar-refractivity contribution >= 4 is 5.69 Å². The molecule has 0 aromatic heterocycles. The number of hydrogen-bond donors (Lipinski definition) is 1. The van der Waals surface area contributed by atoms with E-state index in [0.717, 1.165) is 46.7 Å². The Morgan fingerprint density at radius 3 is 1.88 bits per heavy atom. The van der Waals surface area contributed by atoms with Crippen molar-refractivity contribution in [3.05, 3.63) is 125 Å². The van der Waals surface area contributed by atoms with Crippen LogP contribution in [0.5, 0.6) is 11.5 Å². The number of phenolic OH excluding ortho intramolecular Hbond substituents is 1. The van der Waals surface area contributed by atoms with E-state index in [1.54, 1.807) is 14.2 Å². The van der Waals surface area contributed by atoms with Gasteiger partial charge in [0, 0.05) is 48.8 Å². The Labute approximate surface area is 240 Å². The Morgan fingerprint density at radius 2 is 1.27 bits per heavy atom. The highest BCUT2D eigenvalue weighted by atomic mass is 16.5. The van der Waals surface area contributed by atoms with Crippen LogP contribution in [-0.2, 0) is 22.1 Å². The van der Waals surface area contributed by atoms with Gasteiger partial charge in [-0.25, -0.2) is 0 Å². The Kier molecular flexibility index (Phi) is 9.21. The van der Waals surface area contributed by atoms with E-state index in [4.69, 9.17) is 9.47 Å². The van der Waals surface area contributed by atoms with Gasteiger partial charge in [-0.2, -0.15) is 0 Å². The molecule has 0 amide bonds. The zero-order valence-electron chi connectivity index (χ0n) is 24.8.